The van der Waals surface area contributed by atoms with E-state index in [1.165, 1.54) is 7.11 Å². The lowest BCUT2D eigenvalue weighted by Gasteiger charge is -2.52. The van der Waals surface area contributed by atoms with Crippen LogP contribution < -0.4 is 10.6 Å². The van der Waals surface area contributed by atoms with Gasteiger partial charge >= 0.3 is 11.7 Å². The standard InChI is InChI=1S/C24H37N5O4/c1-4-14-28(16-30)19-18-20(29(15-5-2)22(32)27-19)26-21(25-18)24-11-8-23(9-12-24,10-13-24)7-6-17(31)33-3/h30H,4-16H2,1-3H3,(H,25,26). The Morgan fingerprint density at radius 2 is 1.85 bits per heavy atom. The van der Waals surface area contributed by atoms with Gasteiger partial charge in [-0.1, -0.05) is 13.8 Å². The van der Waals surface area contributed by atoms with E-state index in [9.17, 15) is 14.7 Å². The normalized spacial score (nSPS) is 24.4. The van der Waals surface area contributed by atoms with E-state index in [2.05, 4.69) is 9.97 Å². The van der Waals surface area contributed by atoms with Gasteiger partial charge in [0.15, 0.2) is 11.5 Å². The van der Waals surface area contributed by atoms with Gasteiger partial charge in [0.25, 0.3) is 0 Å². The summed E-state index contributed by atoms with van der Waals surface area (Å²) in [5, 5.41) is 9.94. The summed E-state index contributed by atoms with van der Waals surface area (Å²) >= 11 is 0. The van der Waals surface area contributed by atoms with Gasteiger partial charge in [0.2, 0.25) is 0 Å². The molecule has 2 heterocycles. The van der Waals surface area contributed by atoms with Gasteiger partial charge in [-0.15, -0.1) is 0 Å². The number of hydrogen-bond donors (Lipinski definition) is 2. The van der Waals surface area contributed by atoms with Crippen LogP contribution in [0.3, 0.4) is 0 Å². The highest BCUT2D eigenvalue weighted by molar-refractivity contribution is 5.84. The first kappa shape index (κ1) is 23.7. The van der Waals surface area contributed by atoms with Crippen LogP contribution in [0.1, 0.15) is 83.9 Å². The third kappa shape index (κ3) is 4.27. The van der Waals surface area contributed by atoms with Gasteiger partial charge in [-0.05, 0) is 63.2 Å². The Hall–Kier alpha value is -2.42. The van der Waals surface area contributed by atoms with E-state index in [0.717, 1.165) is 69.1 Å². The number of imidazole rings is 1. The molecule has 0 aromatic carbocycles. The predicted molar refractivity (Wildman–Crippen MR) is 126 cm³/mol. The Bertz CT molecular complexity index is 1030. The number of aliphatic hydroxyl groups excluding tert-OH is 1. The Morgan fingerprint density at radius 1 is 1.15 bits per heavy atom. The smallest absolute Gasteiger partial charge is 0.351 e. The molecule has 0 spiro atoms. The first-order valence-corrected chi connectivity index (χ1v) is 12.3. The molecule has 3 aliphatic rings. The molecule has 0 radical (unpaired) electrons. The predicted octanol–water partition coefficient (Wildman–Crippen LogP) is 3.24. The van der Waals surface area contributed by atoms with Crippen LogP contribution >= 0.6 is 0 Å². The van der Waals surface area contributed by atoms with Crippen LogP contribution in [0, 0.1) is 5.41 Å². The number of carbonyl (C=O) groups excluding carboxylic acids is 1. The number of methoxy groups -OCH3 is 1. The fourth-order valence-electron chi connectivity index (χ4n) is 5.89. The fraction of sp³-hybridized carbons (Fsp3) is 0.750. The van der Waals surface area contributed by atoms with Crippen molar-refractivity contribution in [3.63, 3.8) is 0 Å². The van der Waals surface area contributed by atoms with Crippen LogP contribution in [0.25, 0.3) is 11.2 Å². The highest BCUT2D eigenvalue weighted by Gasteiger charge is 2.50. The molecule has 9 heteroatoms. The summed E-state index contributed by atoms with van der Waals surface area (Å²) < 4.78 is 6.51. The van der Waals surface area contributed by atoms with Crippen molar-refractivity contribution in [2.45, 2.75) is 90.0 Å². The third-order valence-corrected chi connectivity index (χ3v) is 8.00. The van der Waals surface area contributed by atoms with Gasteiger partial charge in [0.05, 0.1) is 7.11 Å². The molecule has 5 rings (SSSR count). The van der Waals surface area contributed by atoms with E-state index >= 15 is 0 Å². The van der Waals surface area contributed by atoms with E-state index in [-0.39, 0.29) is 29.2 Å². The van der Waals surface area contributed by atoms with Crippen LogP contribution in [-0.4, -0.2) is 51.0 Å². The second-order valence-corrected chi connectivity index (χ2v) is 9.91. The van der Waals surface area contributed by atoms with Gasteiger partial charge in [-0.25, -0.2) is 9.78 Å². The maximum absolute atomic E-state index is 12.9. The molecule has 0 atom stereocenters. The molecule has 182 valence electrons. The largest absolute Gasteiger partial charge is 0.469 e. The molecule has 0 amide bonds. The van der Waals surface area contributed by atoms with Gasteiger partial charge in [0.1, 0.15) is 18.1 Å². The van der Waals surface area contributed by atoms with Crippen molar-refractivity contribution in [3.05, 3.63) is 16.3 Å². The molecule has 33 heavy (non-hydrogen) atoms. The molecular weight excluding hydrogens is 422 g/mol. The number of hydrogen-bond acceptors (Lipinski definition) is 7. The van der Waals surface area contributed by atoms with Crippen molar-refractivity contribution in [1.29, 1.82) is 0 Å². The number of nitrogens with zero attached hydrogens (tertiary/aromatic N) is 4. The van der Waals surface area contributed by atoms with Gasteiger partial charge in [0, 0.05) is 24.9 Å². The summed E-state index contributed by atoms with van der Waals surface area (Å²) in [5.41, 5.74) is 1.25. The quantitative estimate of drug-likeness (QED) is 0.414. The topological polar surface area (TPSA) is 113 Å². The van der Waals surface area contributed by atoms with Crippen LogP contribution in [-0.2, 0) is 21.5 Å². The van der Waals surface area contributed by atoms with E-state index in [0.29, 0.717) is 31.0 Å². The monoisotopic (exact) mass is 459 g/mol. The molecule has 3 fully saturated rings. The van der Waals surface area contributed by atoms with Crippen molar-refractivity contribution in [3.8, 4) is 0 Å². The average molecular weight is 460 g/mol. The molecule has 0 saturated heterocycles. The van der Waals surface area contributed by atoms with Gasteiger partial charge in [-0.3, -0.25) is 9.36 Å². The van der Waals surface area contributed by atoms with Crippen molar-refractivity contribution in [2.24, 2.45) is 5.41 Å². The van der Waals surface area contributed by atoms with Crippen molar-refractivity contribution < 1.29 is 14.6 Å². The van der Waals surface area contributed by atoms with E-state index in [1.807, 2.05) is 13.8 Å². The maximum atomic E-state index is 12.9. The fourth-order valence-corrected chi connectivity index (χ4v) is 5.89. The number of nitrogens with one attached hydrogen (secondary N) is 1. The highest BCUT2D eigenvalue weighted by Crippen LogP contribution is 2.59. The number of ether oxygens (including phenoxy) is 1. The summed E-state index contributed by atoms with van der Waals surface area (Å²) in [6, 6.07) is 0. The van der Waals surface area contributed by atoms with Crippen LogP contribution in [0.4, 0.5) is 5.82 Å². The van der Waals surface area contributed by atoms with Crippen LogP contribution in [0.2, 0.25) is 0 Å². The minimum atomic E-state index is -0.321. The van der Waals surface area contributed by atoms with Crippen molar-refractivity contribution >= 4 is 23.0 Å². The molecule has 3 aliphatic carbocycles. The first-order valence-electron chi connectivity index (χ1n) is 12.3. The molecule has 3 saturated carbocycles. The lowest BCUT2D eigenvalue weighted by atomic mass is 9.52. The Balaban J connectivity index is 1.69. The molecule has 0 unspecified atom stereocenters. The second-order valence-electron chi connectivity index (χ2n) is 9.91. The first-order chi connectivity index (χ1) is 15.9. The minimum absolute atomic E-state index is 0.0365. The van der Waals surface area contributed by atoms with E-state index in [1.54, 1.807) is 9.47 Å². The second kappa shape index (κ2) is 9.44. The third-order valence-electron chi connectivity index (χ3n) is 8.00. The zero-order valence-electron chi connectivity index (χ0n) is 20.2. The number of aryl methyl sites for hydroxylation is 1. The highest BCUT2D eigenvalue weighted by atomic mass is 16.5. The number of fused-ring (bicyclic) bond motifs is 4. The molecular formula is C24H37N5O4. The zero-order chi connectivity index (χ0) is 23.6. The number of H-pyrrole nitrogens is 1. The molecule has 9 nitrogen and oxygen atoms in total. The number of rotatable bonds is 10. The summed E-state index contributed by atoms with van der Waals surface area (Å²) in [4.78, 5) is 39.2. The van der Waals surface area contributed by atoms with Crippen molar-refractivity contribution in [2.75, 3.05) is 25.3 Å². The summed E-state index contributed by atoms with van der Waals surface area (Å²) in [6.45, 7) is 5.04. The SMILES string of the molecule is CCCN(CO)c1nc(=O)n(CCC)c2nc(C34CCC(CCC(=O)OC)(CC3)CC4)[nH]c12. The Kier molecular flexibility index (Phi) is 6.79. The zero-order valence-corrected chi connectivity index (χ0v) is 20.2. The lowest BCUT2D eigenvalue weighted by molar-refractivity contribution is -0.141. The molecule has 2 aromatic heterocycles. The van der Waals surface area contributed by atoms with Crippen LogP contribution in [0.15, 0.2) is 4.79 Å². The molecule has 0 aliphatic heterocycles. The molecule has 2 N–H and O–H groups in total. The van der Waals surface area contributed by atoms with E-state index < -0.39 is 0 Å². The maximum Gasteiger partial charge on any atom is 0.351 e. The van der Waals surface area contributed by atoms with E-state index in [4.69, 9.17) is 9.72 Å². The number of aromatic amines is 1. The number of carbonyl (C=O) groups is 1. The number of aromatic nitrogens is 4. The Morgan fingerprint density at radius 3 is 2.42 bits per heavy atom. The average Bonchev–Trinajstić information content (AvgIpc) is 3.30. The number of aliphatic hydroxyl groups is 1. The summed E-state index contributed by atoms with van der Waals surface area (Å²) in [5.74, 6) is 1.30. The van der Waals surface area contributed by atoms with Crippen molar-refractivity contribution in [1.82, 2.24) is 19.5 Å². The lowest BCUT2D eigenvalue weighted by Crippen LogP contribution is -2.45. The number of esters is 1. The summed E-state index contributed by atoms with van der Waals surface area (Å²) in [7, 11) is 1.45. The van der Waals surface area contributed by atoms with Gasteiger partial charge in [-0.2, -0.15) is 4.98 Å². The minimum Gasteiger partial charge on any atom is -0.469 e. The number of anilines is 1. The van der Waals surface area contributed by atoms with Gasteiger partial charge < -0.3 is 19.7 Å². The van der Waals surface area contributed by atoms with Crippen LogP contribution in [0.5, 0.6) is 0 Å². The molecule has 2 bridgehead atoms. The molecule has 2 aromatic rings. The summed E-state index contributed by atoms with van der Waals surface area (Å²) in [6.07, 6.45) is 9.31. The Labute approximate surface area is 194 Å².